The van der Waals surface area contributed by atoms with Crippen LogP contribution in [0.1, 0.15) is 18.9 Å². The van der Waals surface area contributed by atoms with Crippen LogP contribution in [0.5, 0.6) is 0 Å². The molecule has 0 saturated heterocycles. The Morgan fingerprint density at radius 2 is 1.89 bits per heavy atom. The van der Waals surface area contributed by atoms with Gasteiger partial charge >= 0.3 is 0 Å². The van der Waals surface area contributed by atoms with Gasteiger partial charge in [-0.25, -0.2) is 0 Å². The lowest BCUT2D eigenvalue weighted by molar-refractivity contribution is 0.575. The van der Waals surface area contributed by atoms with Gasteiger partial charge in [0.1, 0.15) is 0 Å². The van der Waals surface area contributed by atoms with Gasteiger partial charge in [-0.15, -0.1) is 12.4 Å². The lowest BCUT2D eigenvalue weighted by atomic mass is 10.2. The van der Waals surface area contributed by atoms with Crippen LogP contribution in [0.15, 0.2) is 35.3 Å². The Balaban J connectivity index is 0.00000324. The molecule has 0 amide bonds. The predicted octanol–water partition coefficient (Wildman–Crippen LogP) is 1.57. The molecule has 1 aromatic rings. The third kappa shape index (κ3) is 6.10. The SMILES string of the molecule is CCCN(C(=N)N)C(N)=NCCc1ccccc1.Cl. The summed E-state index contributed by atoms with van der Waals surface area (Å²) in [5.74, 6) is 0.262. The molecule has 0 radical (unpaired) electrons. The lowest BCUT2D eigenvalue weighted by Gasteiger charge is -2.20. The fourth-order valence-electron chi connectivity index (χ4n) is 1.61. The van der Waals surface area contributed by atoms with Crippen molar-refractivity contribution in [2.45, 2.75) is 19.8 Å². The molecule has 5 nitrogen and oxygen atoms in total. The van der Waals surface area contributed by atoms with Crippen LogP contribution in [0.4, 0.5) is 0 Å². The average molecular weight is 284 g/mol. The zero-order valence-corrected chi connectivity index (χ0v) is 12.0. The number of nitrogens with two attached hydrogens (primary N) is 2. The fraction of sp³-hybridized carbons (Fsp3) is 0.385. The van der Waals surface area contributed by atoms with E-state index in [4.69, 9.17) is 16.9 Å². The lowest BCUT2D eigenvalue weighted by Crippen LogP contribution is -2.46. The van der Waals surface area contributed by atoms with Crippen molar-refractivity contribution in [2.75, 3.05) is 13.1 Å². The quantitative estimate of drug-likeness (QED) is 0.566. The third-order valence-corrected chi connectivity index (χ3v) is 2.53. The molecular formula is C13H22ClN5. The first-order valence-corrected chi connectivity index (χ1v) is 6.10. The smallest absolute Gasteiger partial charge is 0.198 e. The fourth-order valence-corrected chi connectivity index (χ4v) is 1.61. The summed E-state index contributed by atoms with van der Waals surface area (Å²) in [6, 6.07) is 10.1. The van der Waals surface area contributed by atoms with Crippen molar-refractivity contribution in [3.63, 3.8) is 0 Å². The largest absolute Gasteiger partial charge is 0.370 e. The summed E-state index contributed by atoms with van der Waals surface area (Å²) in [6.45, 7) is 3.23. The molecule has 0 spiro atoms. The monoisotopic (exact) mass is 283 g/mol. The molecule has 0 aliphatic heterocycles. The van der Waals surface area contributed by atoms with Gasteiger partial charge in [0.2, 0.25) is 0 Å². The van der Waals surface area contributed by atoms with Gasteiger partial charge in [0.25, 0.3) is 0 Å². The second-order valence-corrected chi connectivity index (χ2v) is 4.01. The highest BCUT2D eigenvalue weighted by Crippen LogP contribution is 2.00. The van der Waals surface area contributed by atoms with Gasteiger partial charge < -0.3 is 11.5 Å². The predicted molar refractivity (Wildman–Crippen MR) is 82.8 cm³/mol. The maximum atomic E-state index is 7.43. The van der Waals surface area contributed by atoms with Crippen molar-refractivity contribution in [3.05, 3.63) is 35.9 Å². The molecule has 0 aliphatic rings. The number of hydrogen-bond donors (Lipinski definition) is 3. The van der Waals surface area contributed by atoms with Gasteiger partial charge in [-0.2, -0.15) is 0 Å². The van der Waals surface area contributed by atoms with Crippen molar-refractivity contribution in [3.8, 4) is 0 Å². The van der Waals surface area contributed by atoms with Crippen LogP contribution in [0, 0.1) is 5.41 Å². The number of nitrogens with zero attached hydrogens (tertiary/aromatic N) is 2. The molecular weight excluding hydrogens is 262 g/mol. The van der Waals surface area contributed by atoms with Gasteiger partial charge in [-0.1, -0.05) is 37.3 Å². The summed E-state index contributed by atoms with van der Waals surface area (Å²) in [6.07, 6.45) is 1.70. The number of aliphatic imine (C=N–C) groups is 1. The minimum Gasteiger partial charge on any atom is -0.370 e. The minimum absolute atomic E-state index is 0. The Morgan fingerprint density at radius 3 is 2.42 bits per heavy atom. The van der Waals surface area contributed by atoms with Gasteiger partial charge in [0.15, 0.2) is 11.9 Å². The van der Waals surface area contributed by atoms with E-state index in [1.165, 1.54) is 10.5 Å². The summed E-state index contributed by atoms with van der Waals surface area (Å²) < 4.78 is 0. The Bertz CT molecular complexity index is 405. The Hall–Kier alpha value is -1.75. The normalized spacial score (nSPS) is 10.7. The molecule has 0 saturated carbocycles. The van der Waals surface area contributed by atoms with Crippen LogP contribution in [0.3, 0.4) is 0 Å². The standard InChI is InChI=1S/C13H21N5.ClH/c1-2-10-18(12(14)15)13(16)17-9-8-11-6-4-3-5-7-11;/h3-7H,2,8-10H2,1H3,(H3,14,15)(H2,16,17);1H. The van der Waals surface area contributed by atoms with E-state index in [9.17, 15) is 0 Å². The highest BCUT2D eigenvalue weighted by molar-refractivity contribution is 5.95. The highest BCUT2D eigenvalue weighted by Gasteiger charge is 2.08. The van der Waals surface area contributed by atoms with E-state index >= 15 is 0 Å². The van der Waals surface area contributed by atoms with Crippen molar-refractivity contribution in [2.24, 2.45) is 16.5 Å². The van der Waals surface area contributed by atoms with Crippen LogP contribution in [-0.4, -0.2) is 29.9 Å². The Morgan fingerprint density at radius 1 is 1.26 bits per heavy atom. The van der Waals surface area contributed by atoms with E-state index < -0.39 is 0 Å². The Kier molecular flexibility index (Phi) is 8.37. The summed E-state index contributed by atoms with van der Waals surface area (Å²) in [7, 11) is 0. The highest BCUT2D eigenvalue weighted by atomic mass is 35.5. The molecule has 0 fully saturated rings. The molecule has 19 heavy (non-hydrogen) atoms. The number of halogens is 1. The molecule has 0 heterocycles. The molecule has 0 atom stereocenters. The van der Waals surface area contributed by atoms with Gasteiger partial charge in [-0.3, -0.25) is 15.3 Å². The summed E-state index contributed by atoms with van der Waals surface area (Å²) in [4.78, 5) is 5.78. The van der Waals surface area contributed by atoms with E-state index in [0.717, 1.165) is 12.8 Å². The van der Waals surface area contributed by atoms with Crippen molar-refractivity contribution < 1.29 is 0 Å². The molecule has 0 bridgehead atoms. The second kappa shape index (κ2) is 9.22. The van der Waals surface area contributed by atoms with E-state index in [1.807, 2.05) is 25.1 Å². The van der Waals surface area contributed by atoms with Crippen LogP contribution in [-0.2, 0) is 6.42 Å². The first-order valence-electron chi connectivity index (χ1n) is 6.10. The van der Waals surface area contributed by atoms with Crippen molar-refractivity contribution in [1.82, 2.24) is 4.90 Å². The third-order valence-electron chi connectivity index (χ3n) is 2.53. The van der Waals surface area contributed by atoms with E-state index in [-0.39, 0.29) is 18.4 Å². The zero-order chi connectivity index (χ0) is 13.4. The van der Waals surface area contributed by atoms with E-state index in [2.05, 4.69) is 17.1 Å². The topological polar surface area (TPSA) is 91.5 Å². The first kappa shape index (κ1) is 17.2. The van der Waals surface area contributed by atoms with Gasteiger partial charge in [0.05, 0.1) is 0 Å². The first-order chi connectivity index (χ1) is 8.65. The van der Waals surface area contributed by atoms with Crippen LogP contribution in [0.25, 0.3) is 0 Å². The van der Waals surface area contributed by atoms with Crippen LogP contribution in [0.2, 0.25) is 0 Å². The van der Waals surface area contributed by atoms with Crippen molar-refractivity contribution in [1.29, 1.82) is 5.41 Å². The second-order valence-electron chi connectivity index (χ2n) is 4.01. The number of hydrogen-bond acceptors (Lipinski definition) is 2. The molecule has 1 aromatic carbocycles. The molecule has 0 aromatic heterocycles. The summed E-state index contributed by atoms with van der Waals surface area (Å²) in [5.41, 5.74) is 12.5. The van der Waals surface area contributed by atoms with Gasteiger partial charge in [-0.05, 0) is 18.4 Å². The molecule has 106 valence electrons. The summed E-state index contributed by atoms with van der Waals surface area (Å²) >= 11 is 0. The average Bonchev–Trinajstić information content (AvgIpc) is 2.36. The molecule has 6 heteroatoms. The van der Waals surface area contributed by atoms with Crippen LogP contribution < -0.4 is 11.5 Å². The Labute approximate surface area is 120 Å². The maximum absolute atomic E-state index is 7.43. The zero-order valence-electron chi connectivity index (χ0n) is 11.2. The number of nitrogens with one attached hydrogen (secondary N) is 1. The van der Waals surface area contributed by atoms with Crippen LogP contribution >= 0.6 is 12.4 Å². The van der Waals surface area contributed by atoms with Gasteiger partial charge in [0, 0.05) is 13.1 Å². The summed E-state index contributed by atoms with van der Waals surface area (Å²) in [5, 5.41) is 7.43. The number of rotatable bonds is 5. The molecule has 1 rings (SSSR count). The number of benzene rings is 1. The maximum Gasteiger partial charge on any atom is 0.198 e. The van der Waals surface area contributed by atoms with E-state index in [0.29, 0.717) is 19.0 Å². The number of guanidine groups is 2. The van der Waals surface area contributed by atoms with Crippen molar-refractivity contribution >= 4 is 24.3 Å². The minimum atomic E-state index is -0.0576. The molecule has 5 N–H and O–H groups in total. The molecule has 0 aliphatic carbocycles. The van der Waals surface area contributed by atoms with E-state index in [1.54, 1.807) is 0 Å². The molecule has 0 unspecified atom stereocenters.